The molecule has 1 aliphatic rings. The minimum absolute atomic E-state index is 0.172. The number of nitrogens with zero attached hydrogens (tertiary/aromatic N) is 7. The van der Waals surface area contributed by atoms with Crippen LogP contribution < -0.4 is 0 Å². The van der Waals surface area contributed by atoms with E-state index < -0.39 is 0 Å². The van der Waals surface area contributed by atoms with E-state index in [1.807, 2.05) is 24.3 Å². The number of aryl methyl sites for hydroxylation is 2. The monoisotopic (exact) mass is 481 g/mol. The Kier molecular flexibility index (Phi) is 6.75. The fourth-order valence-corrected chi connectivity index (χ4v) is 4.45. The first-order valence-corrected chi connectivity index (χ1v) is 11.9. The van der Waals surface area contributed by atoms with Gasteiger partial charge in [-0.25, -0.2) is 14.5 Å². The highest BCUT2D eigenvalue weighted by atomic mass is 35.5. The molecule has 3 aromatic heterocycles. The molecule has 0 unspecified atom stereocenters. The van der Waals surface area contributed by atoms with Gasteiger partial charge in [0.15, 0.2) is 18.1 Å². The highest BCUT2D eigenvalue weighted by Gasteiger charge is 2.18. The molecule has 0 saturated carbocycles. The number of morpholine rings is 1. The first-order chi connectivity index (χ1) is 16.6. The van der Waals surface area contributed by atoms with Crippen LogP contribution in [0.25, 0.3) is 16.7 Å². The van der Waals surface area contributed by atoms with Crippen molar-refractivity contribution in [3.05, 3.63) is 58.3 Å². The molecule has 0 aliphatic carbocycles. The van der Waals surface area contributed by atoms with Crippen LogP contribution in [0.2, 0.25) is 5.02 Å². The third-order valence-electron chi connectivity index (χ3n) is 6.29. The molecule has 0 N–H and O–H groups in total. The van der Waals surface area contributed by atoms with Crippen LogP contribution in [0.5, 0.6) is 0 Å². The van der Waals surface area contributed by atoms with E-state index in [4.69, 9.17) is 31.1 Å². The Morgan fingerprint density at radius 1 is 1.12 bits per heavy atom. The number of fused-ring (bicyclic) bond motifs is 3. The van der Waals surface area contributed by atoms with E-state index in [1.54, 1.807) is 17.1 Å². The van der Waals surface area contributed by atoms with E-state index in [0.717, 1.165) is 68.1 Å². The van der Waals surface area contributed by atoms with Crippen molar-refractivity contribution in [2.75, 3.05) is 32.8 Å². The van der Waals surface area contributed by atoms with Gasteiger partial charge in [-0.2, -0.15) is 0 Å². The summed E-state index contributed by atoms with van der Waals surface area (Å²) in [6.45, 7) is 10.1. The van der Waals surface area contributed by atoms with Crippen LogP contribution in [0.1, 0.15) is 29.1 Å². The van der Waals surface area contributed by atoms with Gasteiger partial charge in [-0.15, -0.1) is 5.10 Å². The summed E-state index contributed by atoms with van der Waals surface area (Å²) in [7, 11) is 0. The lowest BCUT2D eigenvalue weighted by molar-refractivity contribution is 0.0369. The van der Waals surface area contributed by atoms with Crippen molar-refractivity contribution in [2.45, 2.75) is 33.4 Å². The second kappa shape index (κ2) is 10.1. The Labute approximate surface area is 202 Å². The highest BCUT2D eigenvalue weighted by Crippen LogP contribution is 2.27. The number of oxime groups is 1. The van der Waals surface area contributed by atoms with Crippen molar-refractivity contribution < 1.29 is 9.57 Å². The lowest BCUT2D eigenvalue weighted by Crippen LogP contribution is -2.37. The Balaban J connectivity index is 1.30. The Bertz CT molecular complexity index is 1310. The topological polar surface area (TPSA) is 82.1 Å². The van der Waals surface area contributed by atoms with E-state index in [1.165, 1.54) is 11.3 Å². The lowest BCUT2D eigenvalue weighted by Gasteiger charge is -2.26. The van der Waals surface area contributed by atoms with Crippen LogP contribution in [0, 0.1) is 13.8 Å². The van der Waals surface area contributed by atoms with E-state index in [-0.39, 0.29) is 6.61 Å². The molecule has 34 heavy (non-hydrogen) atoms. The van der Waals surface area contributed by atoms with Crippen LogP contribution in [-0.2, 0) is 22.7 Å². The Morgan fingerprint density at radius 2 is 1.91 bits per heavy atom. The van der Waals surface area contributed by atoms with Crippen molar-refractivity contribution in [3.63, 3.8) is 0 Å². The Hall–Kier alpha value is -3.01. The summed E-state index contributed by atoms with van der Waals surface area (Å²) in [4.78, 5) is 17.3. The smallest absolute Gasteiger partial charge is 0.192 e. The van der Waals surface area contributed by atoms with Crippen LogP contribution in [-0.4, -0.2) is 68.1 Å². The minimum Gasteiger partial charge on any atom is -0.387 e. The number of ether oxygens (including phenoxy) is 1. The van der Waals surface area contributed by atoms with Crippen LogP contribution in [0.15, 0.2) is 35.7 Å². The second-order valence-electron chi connectivity index (χ2n) is 8.47. The molecule has 4 aromatic rings. The average molecular weight is 482 g/mol. The van der Waals surface area contributed by atoms with Gasteiger partial charge in [0, 0.05) is 36.9 Å². The average Bonchev–Trinajstić information content (AvgIpc) is 3.37. The molecule has 0 bridgehead atoms. The summed E-state index contributed by atoms with van der Waals surface area (Å²) in [5, 5.41) is 10.3. The summed E-state index contributed by atoms with van der Waals surface area (Å²) in [5.41, 5.74) is 5.04. The molecule has 1 fully saturated rings. The van der Waals surface area contributed by atoms with E-state index in [2.05, 4.69) is 33.6 Å². The lowest BCUT2D eigenvalue weighted by atomic mass is 10.2. The van der Waals surface area contributed by atoms with Crippen molar-refractivity contribution >= 4 is 34.5 Å². The summed E-state index contributed by atoms with van der Waals surface area (Å²) >= 11 is 5.91. The van der Waals surface area contributed by atoms with Crippen molar-refractivity contribution in [1.82, 2.24) is 29.0 Å². The minimum atomic E-state index is 0.172. The third kappa shape index (κ3) is 4.77. The van der Waals surface area contributed by atoms with Crippen molar-refractivity contribution in [2.24, 2.45) is 5.16 Å². The first-order valence-electron chi connectivity index (χ1n) is 11.5. The van der Waals surface area contributed by atoms with E-state index >= 15 is 0 Å². The number of hydrogen-bond acceptors (Lipinski definition) is 7. The number of hydrogen-bond donors (Lipinski definition) is 0. The molecule has 178 valence electrons. The molecule has 0 radical (unpaired) electrons. The summed E-state index contributed by atoms with van der Waals surface area (Å²) in [6.07, 6.45) is 4.42. The van der Waals surface area contributed by atoms with Crippen molar-refractivity contribution in [3.8, 4) is 0 Å². The fraction of sp³-hybridized carbons (Fsp3) is 0.417. The summed E-state index contributed by atoms with van der Waals surface area (Å²) in [6, 6.07) is 7.36. The summed E-state index contributed by atoms with van der Waals surface area (Å²) < 4.78 is 9.46. The molecule has 1 saturated heterocycles. The zero-order valence-electron chi connectivity index (χ0n) is 19.4. The Morgan fingerprint density at radius 3 is 2.71 bits per heavy atom. The summed E-state index contributed by atoms with van der Waals surface area (Å²) in [5.74, 6) is 0.555. The van der Waals surface area contributed by atoms with Gasteiger partial charge in [-0.05, 0) is 43.5 Å². The van der Waals surface area contributed by atoms with E-state index in [9.17, 15) is 0 Å². The van der Waals surface area contributed by atoms with Gasteiger partial charge in [0.05, 0.1) is 24.8 Å². The van der Waals surface area contributed by atoms with Gasteiger partial charge >= 0.3 is 0 Å². The maximum Gasteiger partial charge on any atom is 0.192 e. The van der Waals surface area contributed by atoms with Gasteiger partial charge in [0.25, 0.3) is 0 Å². The maximum absolute atomic E-state index is 5.91. The van der Waals surface area contributed by atoms with Crippen LogP contribution in [0.4, 0.5) is 0 Å². The number of halogens is 1. The highest BCUT2D eigenvalue weighted by molar-refractivity contribution is 6.30. The number of aromatic nitrogens is 5. The normalized spacial score (nSPS) is 15.1. The van der Waals surface area contributed by atoms with Crippen molar-refractivity contribution in [1.29, 1.82) is 0 Å². The predicted octanol–water partition coefficient (Wildman–Crippen LogP) is 3.62. The molecular weight excluding hydrogens is 454 g/mol. The molecule has 0 amide bonds. The van der Waals surface area contributed by atoms with Gasteiger partial charge in [0.2, 0.25) is 0 Å². The number of benzene rings is 1. The van der Waals surface area contributed by atoms with Gasteiger partial charge in [-0.1, -0.05) is 28.9 Å². The molecule has 5 rings (SSSR count). The zero-order chi connectivity index (χ0) is 23.5. The largest absolute Gasteiger partial charge is 0.387 e. The quantitative estimate of drug-likeness (QED) is 0.282. The first kappa shape index (κ1) is 22.8. The SMILES string of the molecule is Cc1c(C)n(CCCN2CCOCC2)c2ncn3nc(CO/N=C/c4ccc(Cl)cc4)nc3c12. The molecule has 1 aromatic carbocycles. The maximum atomic E-state index is 5.91. The predicted molar refractivity (Wildman–Crippen MR) is 131 cm³/mol. The molecule has 0 spiro atoms. The second-order valence-corrected chi connectivity index (χ2v) is 8.90. The molecule has 4 heterocycles. The molecule has 10 heteroatoms. The fourth-order valence-electron chi connectivity index (χ4n) is 4.33. The van der Waals surface area contributed by atoms with Crippen LogP contribution >= 0.6 is 11.6 Å². The molecule has 0 atom stereocenters. The molecule has 1 aliphatic heterocycles. The number of rotatable bonds is 8. The third-order valence-corrected chi connectivity index (χ3v) is 6.54. The standard InChI is InChI=1S/C24H28ClN7O2/c1-17-18(2)31(9-3-8-30-10-12-33-13-11-30)23-22(17)24-28-21(29-32(24)16-26-23)15-34-27-14-19-4-6-20(25)7-5-19/h4-7,14,16H,3,8-13,15H2,1-2H3/b27-14+. The van der Waals surface area contributed by atoms with Gasteiger partial charge in [0.1, 0.15) is 12.0 Å². The zero-order valence-corrected chi connectivity index (χ0v) is 20.2. The van der Waals surface area contributed by atoms with Gasteiger partial charge < -0.3 is 14.1 Å². The van der Waals surface area contributed by atoms with Gasteiger partial charge in [-0.3, -0.25) is 4.90 Å². The van der Waals surface area contributed by atoms with Crippen LogP contribution in [0.3, 0.4) is 0 Å². The molecule has 9 nitrogen and oxygen atoms in total. The molecular formula is C24H28ClN7O2. The van der Waals surface area contributed by atoms with E-state index in [0.29, 0.717) is 10.8 Å².